The molecule has 0 aliphatic carbocycles. The molecule has 0 saturated heterocycles. The molecule has 41 heavy (non-hydrogen) atoms. The van der Waals surface area contributed by atoms with E-state index < -0.39 is 22.6 Å². The lowest BCUT2D eigenvalue weighted by Gasteiger charge is -2.14. The number of nitrogens with one attached hydrogen (secondary N) is 2. The van der Waals surface area contributed by atoms with Gasteiger partial charge >= 0.3 is 12.2 Å². The largest absolute Gasteiger partial charge is 0.726 e. The summed E-state index contributed by atoms with van der Waals surface area (Å²) in [4.78, 5) is 24.0. The first kappa shape index (κ1) is 31.3. The highest BCUT2D eigenvalue weighted by Crippen LogP contribution is 2.34. The lowest BCUT2D eigenvalue weighted by atomic mass is 9.98. The Morgan fingerprint density at radius 3 is 1.80 bits per heavy atom. The Hall–Kier alpha value is -4.26. The monoisotopic (exact) mass is 583 g/mol. The number of aromatic nitrogens is 1. The van der Waals surface area contributed by atoms with Crippen molar-refractivity contribution in [3.05, 3.63) is 66.7 Å². The first-order chi connectivity index (χ1) is 19.6. The highest BCUT2D eigenvalue weighted by molar-refractivity contribution is 7.80. The second-order valence-corrected chi connectivity index (χ2v) is 9.51. The third kappa shape index (κ3) is 8.37. The number of aryl methyl sites for hydroxylation is 1. The molecule has 0 atom stereocenters. The van der Waals surface area contributed by atoms with Gasteiger partial charge in [-0.3, -0.25) is 14.8 Å². The number of hydrogen-bond donors (Lipinski definition) is 2. The van der Waals surface area contributed by atoms with Crippen LogP contribution in [0.5, 0.6) is 0 Å². The van der Waals surface area contributed by atoms with E-state index in [4.69, 9.17) is 9.47 Å². The van der Waals surface area contributed by atoms with Crippen LogP contribution in [0.4, 0.5) is 21.0 Å². The molecule has 3 aromatic carbocycles. The molecule has 2 amide bonds. The Balaban J connectivity index is 0.000000587. The van der Waals surface area contributed by atoms with Crippen molar-refractivity contribution in [3.8, 4) is 11.3 Å². The molecule has 4 aromatic rings. The molecule has 0 saturated carbocycles. The van der Waals surface area contributed by atoms with Gasteiger partial charge in [0.1, 0.15) is 6.54 Å². The predicted octanol–water partition coefficient (Wildman–Crippen LogP) is 5.59. The van der Waals surface area contributed by atoms with Gasteiger partial charge in [-0.2, -0.15) is 4.57 Å². The summed E-state index contributed by atoms with van der Waals surface area (Å²) in [6.07, 6.45) is -0.967. The highest BCUT2D eigenvalue weighted by atomic mass is 32.3. The molecule has 2 N–H and O–H groups in total. The zero-order valence-electron chi connectivity index (χ0n) is 23.3. The van der Waals surface area contributed by atoms with E-state index in [1.54, 1.807) is 13.8 Å². The van der Waals surface area contributed by atoms with Gasteiger partial charge in [0.2, 0.25) is 21.6 Å². The highest BCUT2D eigenvalue weighted by Gasteiger charge is 2.23. The third-order valence-corrected chi connectivity index (χ3v) is 6.32. The summed E-state index contributed by atoms with van der Waals surface area (Å²) in [5, 5.41) is 8.68. The number of amides is 2. The molecular formula is C29H33N3O8S. The first-order valence-corrected chi connectivity index (χ1v) is 14.4. The molecule has 11 nitrogen and oxygen atoms in total. The lowest BCUT2D eigenvalue weighted by molar-refractivity contribution is -0.655. The molecule has 4 rings (SSSR count). The average molecular weight is 584 g/mol. The zero-order valence-corrected chi connectivity index (χ0v) is 24.1. The van der Waals surface area contributed by atoms with Gasteiger partial charge in [-0.1, -0.05) is 24.3 Å². The van der Waals surface area contributed by atoms with Crippen molar-refractivity contribution >= 4 is 55.6 Å². The summed E-state index contributed by atoms with van der Waals surface area (Å²) in [5.41, 5.74) is 4.37. The minimum atomic E-state index is -4.42. The summed E-state index contributed by atoms with van der Waals surface area (Å²) >= 11 is 0. The summed E-state index contributed by atoms with van der Waals surface area (Å²) in [6, 6.07) is 21.8. The number of benzene rings is 3. The Kier molecular flexibility index (Phi) is 11.0. The van der Waals surface area contributed by atoms with E-state index in [0.717, 1.165) is 32.9 Å². The molecule has 1 aromatic heterocycles. The van der Waals surface area contributed by atoms with Crippen LogP contribution in [0, 0.1) is 0 Å². The molecule has 12 heteroatoms. The van der Waals surface area contributed by atoms with Gasteiger partial charge in [0.25, 0.3) is 0 Å². The summed E-state index contributed by atoms with van der Waals surface area (Å²) in [6.45, 7) is 8.28. The second kappa shape index (κ2) is 14.4. The summed E-state index contributed by atoms with van der Waals surface area (Å²) < 4.78 is 44.3. The number of pyridine rings is 1. The van der Waals surface area contributed by atoms with Crippen LogP contribution in [0.3, 0.4) is 0 Å². The standard InChI is InChI=1S/C27H27N3O4.C2H6O4S/c1-4-30-24-17-20(29-27(32)34-6-3)13-15-22(24)21-14-12-19(28-26(31)33-5-2)16-23(21)25(30)18-10-8-7-9-11-18;1-2-6-7(3,4)5/h7-17H,4-6H2,1-3H3,(H,28,31);2H2,1H3,(H,3,4,5). The number of hydrogen-bond acceptors (Lipinski definition) is 8. The second-order valence-electron chi connectivity index (χ2n) is 8.46. The van der Waals surface area contributed by atoms with Crippen molar-refractivity contribution in [3.63, 3.8) is 0 Å². The van der Waals surface area contributed by atoms with Crippen molar-refractivity contribution in [1.82, 2.24) is 0 Å². The van der Waals surface area contributed by atoms with Crippen molar-refractivity contribution in [1.29, 1.82) is 0 Å². The molecule has 0 bridgehead atoms. The first-order valence-electron chi connectivity index (χ1n) is 13.1. The third-order valence-electron chi connectivity index (χ3n) is 5.79. The summed E-state index contributed by atoms with van der Waals surface area (Å²) in [5.74, 6) is 0. The molecule has 0 radical (unpaired) electrons. The zero-order chi connectivity index (χ0) is 30.0. The minimum Gasteiger partial charge on any atom is -0.726 e. The Morgan fingerprint density at radius 1 is 0.756 bits per heavy atom. The number of ether oxygens (including phenoxy) is 2. The maximum absolute atomic E-state index is 12.0. The number of fused-ring (bicyclic) bond motifs is 3. The maximum atomic E-state index is 12.0. The van der Waals surface area contributed by atoms with E-state index in [1.165, 1.54) is 6.92 Å². The number of rotatable bonds is 8. The quantitative estimate of drug-likeness (QED) is 0.118. The van der Waals surface area contributed by atoms with Crippen LogP contribution in [0.15, 0.2) is 66.7 Å². The SMILES string of the molecule is CCOC(=O)Nc1ccc2c(c1)c(-c1ccccc1)[n+](CC)c1cc(NC(=O)OCC)ccc21.CCOS(=O)(=O)[O-]. The van der Waals surface area contributed by atoms with Crippen LogP contribution in [0.1, 0.15) is 27.7 Å². The predicted molar refractivity (Wildman–Crippen MR) is 155 cm³/mol. The molecule has 0 aliphatic heterocycles. The van der Waals surface area contributed by atoms with Gasteiger partial charge in [0, 0.05) is 22.7 Å². The molecule has 0 unspecified atom stereocenters. The Labute approximate surface area is 239 Å². The van der Waals surface area contributed by atoms with Gasteiger partial charge in [-0.15, -0.1) is 0 Å². The van der Waals surface area contributed by atoms with Crippen LogP contribution < -0.4 is 15.2 Å². The van der Waals surface area contributed by atoms with Gasteiger partial charge < -0.3 is 14.0 Å². The minimum absolute atomic E-state index is 0.0914. The van der Waals surface area contributed by atoms with Crippen molar-refractivity contribution in [2.45, 2.75) is 34.2 Å². The van der Waals surface area contributed by atoms with Crippen LogP contribution in [-0.2, 0) is 30.6 Å². The Bertz CT molecular complexity index is 1630. The van der Waals surface area contributed by atoms with Crippen molar-refractivity contribution < 1.29 is 40.8 Å². The molecule has 0 spiro atoms. The van der Waals surface area contributed by atoms with Gasteiger partial charge in [0.15, 0.2) is 0 Å². The topological polar surface area (TPSA) is 147 Å². The number of carbonyl (C=O) groups is 2. The lowest BCUT2D eigenvalue weighted by Crippen LogP contribution is -2.36. The van der Waals surface area contributed by atoms with Gasteiger partial charge in [0.05, 0.1) is 36.3 Å². The molecule has 0 fully saturated rings. The van der Waals surface area contributed by atoms with Crippen molar-refractivity contribution in [2.75, 3.05) is 30.5 Å². The molecule has 218 valence electrons. The fourth-order valence-electron chi connectivity index (χ4n) is 4.33. The normalized spacial score (nSPS) is 11.0. The average Bonchev–Trinajstić information content (AvgIpc) is 2.92. The number of carbonyl (C=O) groups excluding carboxylic acids is 2. The van der Waals surface area contributed by atoms with E-state index in [1.807, 2.05) is 54.6 Å². The van der Waals surface area contributed by atoms with E-state index in [9.17, 15) is 22.6 Å². The summed E-state index contributed by atoms with van der Waals surface area (Å²) in [7, 11) is -4.42. The Morgan fingerprint density at radius 2 is 1.32 bits per heavy atom. The van der Waals surface area contributed by atoms with Gasteiger partial charge in [-0.05, 0) is 64.1 Å². The molecular weight excluding hydrogens is 550 g/mol. The molecule has 1 heterocycles. The van der Waals surface area contributed by atoms with Crippen LogP contribution >= 0.6 is 0 Å². The fraction of sp³-hybridized carbons (Fsp3) is 0.276. The van der Waals surface area contributed by atoms with Crippen LogP contribution in [-0.4, -0.2) is 45.0 Å². The fourth-order valence-corrected chi connectivity index (χ4v) is 4.62. The molecule has 0 aliphatic rings. The van der Waals surface area contributed by atoms with E-state index >= 15 is 0 Å². The van der Waals surface area contributed by atoms with Crippen molar-refractivity contribution in [2.24, 2.45) is 0 Å². The van der Waals surface area contributed by atoms with Gasteiger partial charge in [-0.25, -0.2) is 18.0 Å². The van der Waals surface area contributed by atoms with E-state index in [-0.39, 0.29) is 6.61 Å². The van der Waals surface area contributed by atoms with Crippen LogP contribution in [0.25, 0.3) is 32.9 Å². The van der Waals surface area contributed by atoms with E-state index in [0.29, 0.717) is 31.1 Å². The smallest absolute Gasteiger partial charge is 0.411 e. The number of anilines is 2. The number of nitrogens with zero attached hydrogens (tertiary/aromatic N) is 1. The van der Waals surface area contributed by atoms with Crippen LogP contribution in [0.2, 0.25) is 0 Å². The van der Waals surface area contributed by atoms with E-state index in [2.05, 4.69) is 38.4 Å². The maximum Gasteiger partial charge on any atom is 0.411 e.